The minimum Gasteiger partial charge on any atom is -0.399 e. The summed E-state index contributed by atoms with van der Waals surface area (Å²) in [5.41, 5.74) is 7.03. The fourth-order valence-electron chi connectivity index (χ4n) is 1.55. The van der Waals surface area contributed by atoms with Crippen molar-refractivity contribution in [1.29, 1.82) is 0 Å². The number of para-hydroxylation sites is 1. The van der Waals surface area contributed by atoms with Gasteiger partial charge in [-0.2, -0.15) is 0 Å². The summed E-state index contributed by atoms with van der Waals surface area (Å²) in [5, 5.41) is 0. The van der Waals surface area contributed by atoms with E-state index in [1.54, 1.807) is 54.6 Å². The van der Waals surface area contributed by atoms with E-state index in [-0.39, 0.29) is 0 Å². The topological polar surface area (TPSA) is 46.3 Å². The molecule has 0 unspecified atom stereocenters. The zero-order valence-corrected chi connectivity index (χ0v) is 9.01. The van der Waals surface area contributed by atoms with Gasteiger partial charge in [-0.25, -0.2) is 4.79 Å². The van der Waals surface area contributed by atoms with Gasteiger partial charge in [-0.05, 0) is 36.4 Å². The molecular weight excluding hydrogens is 219 g/mol. The molecule has 0 bridgehead atoms. The van der Waals surface area contributed by atoms with Crippen molar-refractivity contribution in [2.24, 2.45) is 0 Å². The Balaban J connectivity index is 2.43. The van der Waals surface area contributed by atoms with Crippen molar-refractivity contribution in [3.8, 4) is 0 Å². The number of nitrogens with two attached hydrogens (primary N) is 1. The van der Waals surface area contributed by atoms with Gasteiger partial charge in [-0.15, -0.1) is 4.39 Å². The van der Waals surface area contributed by atoms with Crippen LogP contribution in [0.1, 0.15) is 0 Å². The third-order valence-corrected chi connectivity index (χ3v) is 2.34. The smallest absolute Gasteiger partial charge is 0.399 e. The molecule has 17 heavy (non-hydrogen) atoms. The van der Waals surface area contributed by atoms with Crippen LogP contribution in [-0.2, 0) is 0 Å². The Morgan fingerprint density at radius 3 is 2.00 bits per heavy atom. The highest BCUT2D eigenvalue weighted by Gasteiger charge is 2.16. The quantitative estimate of drug-likeness (QED) is 0.487. The number of amides is 1. The molecule has 0 atom stereocenters. The maximum Gasteiger partial charge on any atom is 0.409 e. The first-order valence-corrected chi connectivity index (χ1v) is 5.08. The Morgan fingerprint density at radius 2 is 1.47 bits per heavy atom. The third-order valence-electron chi connectivity index (χ3n) is 2.34. The minimum absolute atomic E-state index is 0.443. The Hall–Kier alpha value is -2.36. The molecule has 0 aromatic heterocycles. The van der Waals surface area contributed by atoms with Gasteiger partial charge in [0.15, 0.2) is 0 Å². The summed E-state index contributed by atoms with van der Waals surface area (Å²) < 4.78 is 13.1. The van der Waals surface area contributed by atoms with E-state index in [0.29, 0.717) is 17.1 Å². The van der Waals surface area contributed by atoms with E-state index >= 15 is 0 Å². The normalized spacial score (nSPS) is 9.94. The lowest BCUT2D eigenvalue weighted by molar-refractivity contribution is 0.230. The molecule has 2 aromatic carbocycles. The lowest BCUT2D eigenvalue weighted by Gasteiger charge is -2.18. The Kier molecular flexibility index (Phi) is 3.05. The molecule has 2 N–H and O–H groups in total. The van der Waals surface area contributed by atoms with Crippen LogP contribution in [0.4, 0.5) is 26.2 Å². The summed E-state index contributed by atoms with van der Waals surface area (Å²) in [6, 6.07) is 15.0. The molecule has 2 aromatic rings. The van der Waals surface area contributed by atoms with Crippen LogP contribution < -0.4 is 10.6 Å². The molecule has 86 valence electrons. The summed E-state index contributed by atoms with van der Waals surface area (Å²) in [7, 11) is 0. The van der Waals surface area contributed by atoms with Crippen LogP contribution in [0.25, 0.3) is 0 Å². The molecule has 0 fully saturated rings. The second-order valence-corrected chi connectivity index (χ2v) is 3.52. The van der Waals surface area contributed by atoms with Crippen LogP contribution in [0.5, 0.6) is 0 Å². The molecule has 0 aliphatic heterocycles. The number of hydrogen-bond acceptors (Lipinski definition) is 2. The molecular formula is C13H11FN2O. The van der Waals surface area contributed by atoms with Crippen molar-refractivity contribution in [3.63, 3.8) is 0 Å². The molecule has 0 saturated heterocycles. The van der Waals surface area contributed by atoms with E-state index < -0.39 is 6.16 Å². The third kappa shape index (κ3) is 2.42. The monoisotopic (exact) mass is 230 g/mol. The van der Waals surface area contributed by atoms with Crippen molar-refractivity contribution < 1.29 is 9.18 Å². The van der Waals surface area contributed by atoms with E-state index in [4.69, 9.17) is 5.73 Å². The van der Waals surface area contributed by atoms with E-state index in [2.05, 4.69) is 0 Å². The number of rotatable bonds is 2. The first kappa shape index (κ1) is 11.1. The van der Waals surface area contributed by atoms with Crippen LogP contribution in [-0.4, -0.2) is 6.16 Å². The van der Waals surface area contributed by atoms with Gasteiger partial charge in [0, 0.05) is 5.69 Å². The maximum atomic E-state index is 13.1. The first-order chi connectivity index (χ1) is 8.18. The lowest BCUT2D eigenvalue weighted by Crippen LogP contribution is -2.20. The fraction of sp³-hybridized carbons (Fsp3) is 0. The zero-order valence-electron chi connectivity index (χ0n) is 9.01. The average molecular weight is 230 g/mol. The van der Waals surface area contributed by atoms with Crippen LogP contribution in [0.3, 0.4) is 0 Å². The molecule has 0 saturated carbocycles. The van der Waals surface area contributed by atoms with E-state index in [1.165, 1.54) is 0 Å². The van der Waals surface area contributed by atoms with Crippen LogP contribution in [0.2, 0.25) is 0 Å². The van der Waals surface area contributed by atoms with Gasteiger partial charge >= 0.3 is 6.16 Å². The number of benzene rings is 2. The number of anilines is 3. The average Bonchev–Trinajstić information content (AvgIpc) is 2.33. The highest BCUT2D eigenvalue weighted by molar-refractivity contribution is 5.95. The molecule has 0 aliphatic rings. The Morgan fingerprint density at radius 1 is 0.941 bits per heavy atom. The van der Waals surface area contributed by atoms with Gasteiger partial charge in [-0.3, -0.25) is 4.90 Å². The van der Waals surface area contributed by atoms with E-state index in [0.717, 1.165) is 4.90 Å². The van der Waals surface area contributed by atoms with Crippen LogP contribution in [0, 0.1) is 0 Å². The molecule has 0 radical (unpaired) electrons. The largest absolute Gasteiger partial charge is 0.409 e. The van der Waals surface area contributed by atoms with Crippen molar-refractivity contribution in [2.45, 2.75) is 0 Å². The van der Waals surface area contributed by atoms with Crippen LogP contribution in [0.15, 0.2) is 54.6 Å². The number of hydrogen-bond donors (Lipinski definition) is 1. The van der Waals surface area contributed by atoms with Gasteiger partial charge in [0.1, 0.15) is 0 Å². The standard InChI is InChI=1S/C13H11FN2O/c14-13(17)16(11-4-2-1-3-5-11)12-8-6-10(15)7-9-12/h1-9H,15H2. The summed E-state index contributed by atoms with van der Waals surface area (Å²) in [5.74, 6) is 0. The summed E-state index contributed by atoms with van der Waals surface area (Å²) in [6.45, 7) is 0. The van der Waals surface area contributed by atoms with Crippen molar-refractivity contribution in [1.82, 2.24) is 0 Å². The molecule has 0 spiro atoms. The molecule has 0 aliphatic carbocycles. The predicted octanol–water partition coefficient (Wildman–Crippen LogP) is 3.50. The highest BCUT2D eigenvalue weighted by Crippen LogP contribution is 2.26. The number of carbonyl (C=O) groups excluding carboxylic acids is 1. The zero-order chi connectivity index (χ0) is 12.3. The summed E-state index contributed by atoms with van der Waals surface area (Å²) in [4.78, 5) is 12.0. The van der Waals surface area contributed by atoms with E-state index in [1.807, 2.05) is 0 Å². The number of halogens is 1. The molecule has 4 heteroatoms. The van der Waals surface area contributed by atoms with Gasteiger partial charge in [0.2, 0.25) is 0 Å². The lowest BCUT2D eigenvalue weighted by atomic mass is 10.2. The number of carbonyl (C=O) groups is 1. The minimum atomic E-state index is -1.53. The molecule has 3 nitrogen and oxygen atoms in total. The Labute approximate surface area is 98.3 Å². The van der Waals surface area contributed by atoms with Gasteiger partial charge in [0.25, 0.3) is 0 Å². The van der Waals surface area contributed by atoms with Gasteiger partial charge in [-0.1, -0.05) is 18.2 Å². The van der Waals surface area contributed by atoms with E-state index in [9.17, 15) is 9.18 Å². The van der Waals surface area contributed by atoms with Crippen LogP contribution >= 0.6 is 0 Å². The molecule has 0 heterocycles. The predicted molar refractivity (Wildman–Crippen MR) is 65.9 cm³/mol. The summed E-state index contributed by atoms with van der Waals surface area (Å²) >= 11 is 0. The SMILES string of the molecule is Nc1ccc(N(C(=O)F)c2ccccc2)cc1. The van der Waals surface area contributed by atoms with Crippen molar-refractivity contribution >= 4 is 23.2 Å². The fourth-order valence-corrected chi connectivity index (χ4v) is 1.55. The second kappa shape index (κ2) is 4.65. The first-order valence-electron chi connectivity index (χ1n) is 5.08. The second-order valence-electron chi connectivity index (χ2n) is 3.52. The molecule has 1 amide bonds. The highest BCUT2D eigenvalue weighted by atomic mass is 19.1. The summed E-state index contributed by atoms with van der Waals surface area (Å²) in [6.07, 6.45) is -1.53. The van der Waals surface area contributed by atoms with Crippen molar-refractivity contribution in [2.75, 3.05) is 10.6 Å². The van der Waals surface area contributed by atoms with Crippen molar-refractivity contribution in [3.05, 3.63) is 54.6 Å². The number of nitrogens with zero attached hydrogens (tertiary/aromatic N) is 1. The van der Waals surface area contributed by atoms with Gasteiger partial charge in [0.05, 0.1) is 11.4 Å². The maximum absolute atomic E-state index is 13.1. The van der Waals surface area contributed by atoms with Gasteiger partial charge < -0.3 is 5.73 Å². The Bertz CT molecular complexity index is 511. The number of nitrogen functional groups attached to an aromatic ring is 1. The molecule has 2 rings (SSSR count).